The molecule has 0 radical (unpaired) electrons. The minimum Gasteiger partial charge on any atom is -0.369 e. The summed E-state index contributed by atoms with van der Waals surface area (Å²) in [6.07, 6.45) is 6.32. The van der Waals surface area contributed by atoms with Crippen molar-refractivity contribution < 1.29 is 4.79 Å². The topological polar surface area (TPSA) is 66.9 Å². The van der Waals surface area contributed by atoms with Crippen molar-refractivity contribution in [3.05, 3.63) is 0 Å². The summed E-state index contributed by atoms with van der Waals surface area (Å²) in [4.78, 5) is 11.3. The highest BCUT2D eigenvalue weighted by Crippen LogP contribution is 2.46. The molecule has 0 heterocycles. The Morgan fingerprint density at radius 2 is 1.80 bits per heavy atom. The zero-order chi connectivity index (χ0) is 10.8. The predicted molar refractivity (Wildman–Crippen MR) is 56.5 cm³/mol. The minimum absolute atomic E-state index is 0.0416. The van der Waals surface area contributed by atoms with Gasteiger partial charge < -0.3 is 5.73 Å². The Kier molecular flexibility index (Phi) is 2.95. The lowest BCUT2D eigenvalue weighted by atomic mass is 9.61. The lowest BCUT2D eigenvalue weighted by Crippen LogP contribution is -2.42. The molecule has 0 aliphatic heterocycles. The van der Waals surface area contributed by atoms with Gasteiger partial charge in [-0.1, -0.05) is 12.8 Å². The molecule has 2 N–H and O–H groups in total. The molecule has 2 fully saturated rings. The van der Waals surface area contributed by atoms with Crippen LogP contribution in [0.15, 0.2) is 0 Å². The maximum atomic E-state index is 11.3. The van der Waals surface area contributed by atoms with E-state index in [2.05, 4.69) is 6.07 Å². The first-order valence-electron chi connectivity index (χ1n) is 5.93. The van der Waals surface area contributed by atoms with E-state index in [9.17, 15) is 4.79 Å². The molecule has 0 aromatic carbocycles. The Labute approximate surface area is 90.6 Å². The van der Waals surface area contributed by atoms with E-state index in [0.29, 0.717) is 11.8 Å². The van der Waals surface area contributed by atoms with Gasteiger partial charge in [0, 0.05) is 11.8 Å². The van der Waals surface area contributed by atoms with Crippen molar-refractivity contribution >= 4 is 5.91 Å². The average molecular weight is 206 g/mol. The molecule has 3 heteroatoms. The summed E-state index contributed by atoms with van der Waals surface area (Å²) in [5, 5.41) is 9.09. The van der Waals surface area contributed by atoms with Gasteiger partial charge in [0.1, 0.15) is 0 Å². The van der Waals surface area contributed by atoms with E-state index < -0.39 is 0 Å². The molecule has 0 aromatic rings. The lowest BCUT2D eigenvalue weighted by molar-refractivity contribution is -0.126. The lowest BCUT2D eigenvalue weighted by Gasteiger charge is -2.42. The highest BCUT2D eigenvalue weighted by atomic mass is 16.1. The van der Waals surface area contributed by atoms with E-state index in [0.717, 1.165) is 25.7 Å². The predicted octanol–water partition coefficient (Wildman–Crippen LogP) is 1.83. The molecule has 4 unspecified atom stereocenters. The van der Waals surface area contributed by atoms with Crippen LogP contribution in [0, 0.1) is 35.0 Å². The maximum Gasteiger partial charge on any atom is 0.220 e. The second kappa shape index (κ2) is 4.22. The van der Waals surface area contributed by atoms with Crippen LogP contribution in [-0.2, 0) is 4.79 Å². The normalized spacial score (nSPS) is 40.2. The molecule has 15 heavy (non-hydrogen) atoms. The van der Waals surface area contributed by atoms with Gasteiger partial charge >= 0.3 is 0 Å². The fraction of sp³-hybridized carbons (Fsp3) is 0.833. The highest BCUT2D eigenvalue weighted by molar-refractivity contribution is 5.77. The quantitative estimate of drug-likeness (QED) is 0.711. The van der Waals surface area contributed by atoms with Crippen LogP contribution in [0.25, 0.3) is 0 Å². The van der Waals surface area contributed by atoms with Gasteiger partial charge in [-0.15, -0.1) is 0 Å². The van der Waals surface area contributed by atoms with Crippen LogP contribution in [0.1, 0.15) is 38.5 Å². The summed E-state index contributed by atoms with van der Waals surface area (Å²) >= 11 is 0. The third-order valence-electron chi connectivity index (χ3n) is 4.23. The van der Waals surface area contributed by atoms with Crippen LogP contribution >= 0.6 is 0 Å². The largest absolute Gasteiger partial charge is 0.369 e. The number of fused-ring (bicyclic) bond motifs is 1. The summed E-state index contributed by atoms with van der Waals surface area (Å²) in [6, 6.07) is 2.41. The average Bonchev–Trinajstić information content (AvgIpc) is 2.27. The van der Waals surface area contributed by atoms with Crippen LogP contribution in [0.3, 0.4) is 0 Å². The number of carbonyl (C=O) groups is 1. The number of nitrogens with two attached hydrogens (primary N) is 1. The number of nitriles is 1. The van der Waals surface area contributed by atoms with Gasteiger partial charge in [0.15, 0.2) is 0 Å². The van der Waals surface area contributed by atoms with Crippen LogP contribution in [-0.4, -0.2) is 5.91 Å². The molecule has 2 aliphatic rings. The van der Waals surface area contributed by atoms with Crippen LogP contribution < -0.4 is 5.73 Å². The molecule has 3 nitrogen and oxygen atoms in total. The van der Waals surface area contributed by atoms with Crippen LogP contribution in [0.2, 0.25) is 0 Å². The van der Waals surface area contributed by atoms with Crippen molar-refractivity contribution in [3.63, 3.8) is 0 Å². The molecule has 2 saturated carbocycles. The molecule has 0 spiro atoms. The number of rotatable bonds is 1. The van der Waals surface area contributed by atoms with E-state index in [1.165, 1.54) is 12.8 Å². The van der Waals surface area contributed by atoms with Gasteiger partial charge in [0.25, 0.3) is 0 Å². The fourth-order valence-electron chi connectivity index (χ4n) is 3.49. The molecule has 1 amide bonds. The van der Waals surface area contributed by atoms with Crippen molar-refractivity contribution in [2.75, 3.05) is 0 Å². The SMILES string of the molecule is N#CC1CCC(C(N)=O)C2CCCCC12. The molecular formula is C12H18N2O. The number of primary amides is 1. The van der Waals surface area contributed by atoms with E-state index in [4.69, 9.17) is 11.0 Å². The molecule has 0 aromatic heterocycles. The number of hydrogen-bond acceptors (Lipinski definition) is 2. The highest BCUT2D eigenvalue weighted by Gasteiger charge is 2.42. The monoisotopic (exact) mass is 206 g/mol. The van der Waals surface area contributed by atoms with Gasteiger partial charge in [0.2, 0.25) is 5.91 Å². The first kappa shape index (κ1) is 10.5. The smallest absolute Gasteiger partial charge is 0.220 e. The number of hydrogen-bond donors (Lipinski definition) is 1. The zero-order valence-electron chi connectivity index (χ0n) is 8.98. The Bertz CT molecular complexity index is 294. The summed E-state index contributed by atoms with van der Waals surface area (Å²) in [6.45, 7) is 0. The standard InChI is InChI=1S/C12H18N2O/c13-7-8-5-6-11(12(14)15)10-4-2-1-3-9(8)10/h8-11H,1-6H2,(H2,14,15). The first-order valence-corrected chi connectivity index (χ1v) is 5.93. The molecule has 82 valence electrons. The summed E-state index contributed by atoms with van der Waals surface area (Å²) in [5.74, 6) is 0.902. The molecule has 0 bridgehead atoms. The Balaban J connectivity index is 2.16. The van der Waals surface area contributed by atoms with Gasteiger partial charge in [-0.3, -0.25) is 4.79 Å². The first-order chi connectivity index (χ1) is 7.24. The van der Waals surface area contributed by atoms with Gasteiger partial charge in [-0.2, -0.15) is 5.26 Å². The van der Waals surface area contributed by atoms with Crippen molar-refractivity contribution in [1.82, 2.24) is 0 Å². The Morgan fingerprint density at radius 1 is 1.13 bits per heavy atom. The van der Waals surface area contributed by atoms with Crippen LogP contribution in [0.4, 0.5) is 0 Å². The molecule has 4 atom stereocenters. The zero-order valence-corrected chi connectivity index (χ0v) is 8.98. The Hall–Kier alpha value is -1.04. The number of nitrogens with zero attached hydrogens (tertiary/aromatic N) is 1. The number of amides is 1. The van der Waals surface area contributed by atoms with Gasteiger partial charge in [0.05, 0.1) is 6.07 Å². The third kappa shape index (κ3) is 1.86. The van der Waals surface area contributed by atoms with E-state index in [1.54, 1.807) is 0 Å². The van der Waals surface area contributed by atoms with E-state index in [-0.39, 0.29) is 17.7 Å². The van der Waals surface area contributed by atoms with Crippen molar-refractivity contribution in [1.29, 1.82) is 5.26 Å². The fourth-order valence-corrected chi connectivity index (χ4v) is 3.49. The minimum atomic E-state index is -0.150. The van der Waals surface area contributed by atoms with E-state index in [1.807, 2.05) is 0 Å². The molecule has 2 aliphatic carbocycles. The third-order valence-corrected chi connectivity index (χ3v) is 4.23. The number of carbonyl (C=O) groups excluding carboxylic acids is 1. The second-order valence-corrected chi connectivity index (χ2v) is 4.93. The van der Waals surface area contributed by atoms with Crippen molar-refractivity contribution in [2.45, 2.75) is 38.5 Å². The summed E-state index contributed by atoms with van der Waals surface area (Å²) < 4.78 is 0. The van der Waals surface area contributed by atoms with E-state index >= 15 is 0 Å². The van der Waals surface area contributed by atoms with Crippen molar-refractivity contribution in [3.8, 4) is 6.07 Å². The van der Waals surface area contributed by atoms with Crippen molar-refractivity contribution in [2.24, 2.45) is 29.4 Å². The molecule has 0 saturated heterocycles. The summed E-state index contributed by atoms with van der Waals surface area (Å²) in [7, 11) is 0. The second-order valence-electron chi connectivity index (χ2n) is 4.93. The van der Waals surface area contributed by atoms with Gasteiger partial charge in [-0.25, -0.2) is 0 Å². The molecular weight excluding hydrogens is 188 g/mol. The maximum absolute atomic E-state index is 11.3. The Morgan fingerprint density at radius 3 is 2.40 bits per heavy atom. The summed E-state index contributed by atoms with van der Waals surface area (Å²) in [5.41, 5.74) is 5.44. The van der Waals surface area contributed by atoms with Crippen LogP contribution in [0.5, 0.6) is 0 Å². The van der Waals surface area contributed by atoms with Gasteiger partial charge in [-0.05, 0) is 37.5 Å². The molecule has 2 rings (SSSR count).